The Morgan fingerprint density at radius 3 is 2.83 bits per heavy atom. The lowest BCUT2D eigenvalue weighted by molar-refractivity contribution is -0.174. The number of hydrogen-bond donors (Lipinski definition) is 0. The monoisotopic (exact) mass is 172 g/mol. The van der Waals surface area contributed by atoms with Gasteiger partial charge in [0.05, 0.1) is 6.61 Å². The maximum atomic E-state index is 10.5. The fourth-order valence-electron chi connectivity index (χ4n) is 1.69. The molecule has 0 aliphatic carbocycles. The van der Waals surface area contributed by atoms with Crippen LogP contribution in [0.1, 0.15) is 13.8 Å². The van der Waals surface area contributed by atoms with E-state index in [1.165, 1.54) is 0 Å². The summed E-state index contributed by atoms with van der Waals surface area (Å²) in [7, 11) is 0. The average molecular weight is 172 g/mol. The van der Waals surface area contributed by atoms with Gasteiger partial charge in [-0.2, -0.15) is 0 Å². The summed E-state index contributed by atoms with van der Waals surface area (Å²) in [5, 5.41) is 0. The van der Waals surface area contributed by atoms with Gasteiger partial charge in [0.25, 0.3) is 0 Å². The molecule has 0 aromatic carbocycles. The highest BCUT2D eigenvalue weighted by Crippen LogP contribution is 2.34. The van der Waals surface area contributed by atoms with E-state index in [2.05, 4.69) is 0 Å². The van der Waals surface area contributed by atoms with Gasteiger partial charge in [0.15, 0.2) is 12.1 Å². The Kier molecular flexibility index (Phi) is 1.71. The van der Waals surface area contributed by atoms with E-state index in [-0.39, 0.29) is 12.2 Å². The Hall–Kier alpha value is -0.450. The van der Waals surface area contributed by atoms with E-state index in [4.69, 9.17) is 14.2 Å². The van der Waals surface area contributed by atoms with Gasteiger partial charge in [-0.3, -0.25) is 0 Å². The first-order valence-electron chi connectivity index (χ1n) is 4.05. The van der Waals surface area contributed by atoms with Gasteiger partial charge in [-0.25, -0.2) is 0 Å². The summed E-state index contributed by atoms with van der Waals surface area (Å²) in [6.45, 7) is 4.14. The third-order valence-corrected chi connectivity index (χ3v) is 2.13. The van der Waals surface area contributed by atoms with E-state index in [9.17, 15) is 4.79 Å². The second kappa shape index (κ2) is 2.52. The van der Waals surface area contributed by atoms with E-state index in [1.807, 2.05) is 13.8 Å². The van der Waals surface area contributed by atoms with Crippen LogP contribution >= 0.6 is 0 Å². The molecule has 68 valence electrons. The van der Waals surface area contributed by atoms with E-state index < -0.39 is 11.9 Å². The molecular weight excluding hydrogens is 160 g/mol. The molecule has 1 unspecified atom stereocenters. The van der Waals surface area contributed by atoms with Crippen molar-refractivity contribution in [3.05, 3.63) is 0 Å². The molecule has 4 heteroatoms. The molecule has 4 nitrogen and oxygen atoms in total. The Morgan fingerprint density at radius 1 is 1.42 bits per heavy atom. The third-order valence-electron chi connectivity index (χ3n) is 2.13. The minimum absolute atomic E-state index is 0.0739. The second-order valence-corrected chi connectivity index (χ2v) is 3.57. The number of ether oxygens (including phenoxy) is 3. The molecule has 0 spiro atoms. The van der Waals surface area contributed by atoms with Crippen molar-refractivity contribution >= 4 is 6.29 Å². The maximum Gasteiger partial charge on any atom is 0.164 e. The van der Waals surface area contributed by atoms with Crippen LogP contribution in [0.4, 0.5) is 0 Å². The normalized spacial score (nSPS) is 44.3. The minimum Gasteiger partial charge on any atom is -0.365 e. The van der Waals surface area contributed by atoms with Crippen molar-refractivity contribution in [3.8, 4) is 0 Å². The molecule has 0 amide bonds. The highest BCUT2D eigenvalue weighted by molar-refractivity contribution is 5.58. The summed E-state index contributed by atoms with van der Waals surface area (Å²) in [5.41, 5.74) is 0. The molecule has 0 radical (unpaired) electrons. The SMILES string of the molecule is CC1(C)O[C@@H]2COC(C=O)[C@@H]2O1. The van der Waals surface area contributed by atoms with Gasteiger partial charge in [-0.05, 0) is 13.8 Å². The Morgan fingerprint density at radius 2 is 2.17 bits per heavy atom. The lowest BCUT2D eigenvalue weighted by Crippen LogP contribution is -2.30. The van der Waals surface area contributed by atoms with Crippen LogP contribution in [0, 0.1) is 0 Å². The quantitative estimate of drug-likeness (QED) is 0.526. The van der Waals surface area contributed by atoms with Crippen molar-refractivity contribution < 1.29 is 19.0 Å². The molecular formula is C8H12O4. The summed E-state index contributed by atoms with van der Waals surface area (Å²) in [6, 6.07) is 0. The molecule has 0 N–H and O–H groups in total. The van der Waals surface area contributed by atoms with E-state index in [1.54, 1.807) is 0 Å². The largest absolute Gasteiger partial charge is 0.365 e. The van der Waals surface area contributed by atoms with Crippen LogP contribution in [0.3, 0.4) is 0 Å². The number of fused-ring (bicyclic) bond motifs is 1. The first-order chi connectivity index (χ1) is 5.62. The van der Waals surface area contributed by atoms with Crippen molar-refractivity contribution in [1.82, 2.24) is 0 Å². The Bertz CT molecular complexity index is 201. The Labute approximate surface area is 70.8 Å². The lowest BCUT2D eigenvalue weighted by atomic mass is 10.2. The van der Waals surface area contributed by atoms with Gasteiger partial charge in [0.2, 0.25) is 0 Å². The molecule has 0 aromatic heterocycles. The smallest absolute Gasteiger partial charge is 0.164 e. The van der Waals surface area contributed by atoms with E-state index >= 15 is 0 Å². The van der Waals surface area contributed by atoms with Crippen LogP contribution in [0.2, 0.25) is 0 Å². The molecule has 2 aliphatic rings. The Balaban J connectivity index is 2.11. The lowest BCUT2D eigenvalue weighted by Gasteiger charge is -2.19. The molecule has 0 bridgehead atoms. The molecule has 0 saturated carbocycles. The summed E-state index contributed by atoms with van der Waals surface area (Å²) in [5.74, 6) is -0.569. The second-order valence-electron chi connectivity index (χ2n) is 3.57. The first kappa shape index (κ1) is 8.16. The number of carbonyl (C=O) groups is 1. The number of hydrogen-bond acceptors (Lipinski definition) is 4. The zero-order chi connectivity index (χ0) is 8.77. The van der Waals surface area contributed by atoms with E-state index in [0.29, 0.717) is 6.61 Å². The number of rotatable bonds is 1. The van der Waals surface area contributed by atoms with Gasteiger partial charge >= 0.3 is 0 Å². The van der Waals surface area contributed by atoms with Crippen LogP contribution in [0.5, 0.6) is 0 Å². The standard InChI is InChI=1S/C8H12O4/c1-8(2)11-6-4-10-5(3-9)7(6)12-8/h3,5-7H,4H2,1-2H3/t5?,6-,7+/m1/s1. The molecule has 2 rings (SSSR count). The summed E-state index contributed by atoms with van der Waals surface area (Å²) < 4.78 is 16.1. The van der Waals surface area contributed by atoms with Gasteiger partial charge in [-0.1, -0.05) is 0 Å². The fraction of sp³-hybridized carbons (Fsp3) is 0.875. The van der Waals surface area contributed by atoms with Crippen LogP contribution < -0.4 is 0 Å². The van der Waals surface area contributed by atoms with Gasteiger partial charge in [0, 0.05) is 0 Å². The van der Waals surface area contributed by atoms with Crippen LogP contribution in [0.15, 0.2) is 0 Å². The van der Waals surface area contributed by atoms with E-state index in [0.717, 1.165) is 6.29 Å². The molecule has 2 heterocycles. The molecule has 12 heavy (non-hydrogen) atoms. The number of carbonyl (C=O) groups excluding carboxylic acids is 1. The molecule has 0 aromatic rings. The zero-order valence-corrected chi connectivity index (χ0v) is 7.15. The summed E-state index contributed by atoms with van der Waals surface area (Å²) in [4.78, 5) is 10.5. The van der Waals surface area contributed by atoms with Crippen molar-refractivity contribution in [1.29, 1.82) is 0 Å². The van der Waals surface area contributed by atoms with Crippen molar-refractivity contribution in [2.45, 2.75) is 37.9 Å². The van der Waals surface area contributed by atoms with Crippen LogP contribution in [-0.4, -0.2) is 37.0 Å². The number of aldehydes is 1. The highest BCUT2D eigenvalue weighted by atomic mass is 16.8. The van der Waals surface area contributed by atoms with Gasteiger partial charge in [-0.15, -0.1) is 0 Å². The van der Waals surface area contributed by atoms with Crippen molar-refractivity contribution in [2.24, 2.45) is 0 Å². The van der Waals surface area contributed by atoms with Gasteiger partial charge < -0.3 is 19.0 Å². The fourth-order valence-corrected chi connectivity index (χ4v) is 1.69. The topological polar surface area (TPSA) is 44.8 Å². The van der Waals surface area contributed by atoms with Crippen LogP contribution in [-0.2, 0) is 19.0 Å². The van der Waals surface area contributed by atoms with Crippen LogP contribution in [0.25, 0.3) is 0 Å². The molecule has 3 atom stereocenters. The summed E-state index contributed by atoms with van der Waals surface area (Å²) >= 11 is 0. The van der Waals surface area contributed by atoms with Crippen molar-refractivity contribution in [3.63, 3.8) is 0 Å². The zero-order valence-electron chi connectivity index (χ0n) is 7.15. The first-order valence-corrected chi connectivity index (χ1v) is 4.05. The molecule has 2 saturated heterocycles. The highest BCUT2D eigenvalue weighted by Gasteiger charge is 2.49. The average Bonchev–Trinajstić information content (AvgIpc) is 2.42. The van der Waals surface area contributed by atoms with Gasteiger partial charge in [0.1, 0.15) is 18.3 Å². The summed E-state index contributed by atoms with van der Waals surface area (Å²) in [6.07, 6.45) is 0.0413. The minimum atomic E-state index is -0.569. The molecule has 2 aliphatic heterocycles. The maximum absolute atomic E-state index is 10.5. The predicted molar refractivity (Wildman–Crippen MR) is 39.6 cm³/mol. The third kappa shape index (κ3) is 1.16. The van der Waals surface area contributed by atoms with Crippen molar-refractivity contribution in [2.75, 3.05) is 6.61 Å². The predicted octanol–water partition coefficient (Wildman–Crippen LogP) is 0.104. The molecule has 2 fully saturated rings.